The van der Waals surface area contributed by atoms with Crippen molar-refractivity contribution < 1.29 is 13.2 Å². The molecule has 6 heteroatoms. The highest BCUT2D eigenvalue weighted by molar-refractivity contribution is 7.92. The van der Waals surface area contributed by atoms with Gasteiger partial charge in [-0.15, -0.1) is 0 Å². The summed E-state index contributed by atoms with van der Waals surface area (Å²) in [6, 6.07) is 0.277. The molecule has 0 aromatic rings. The van der Waals surface area contributed by atoms with Crippen LogP contribution in [0.2, 0.25) is 0 Å². The minimum Gasteiger partial charge on any atom is -0.353 e. The van der Waals surface area contributed by atoms with Crippen molar-refractivity contribution in [3.63, 3.8) is 0 Å². The van der Waals surface area contributed by atoms with Crippen LogP contribution in [0.1, 0.15) is 26.7 Å². The lowest BCUT2D eigenvalue weighted by atomic mass is 10.1. The van der Waals surface area contributed by atoms with E-state index in [1.54, 1.807) is 0 Å². The monoisotopic (exact) mass is 248 g/mol. The molecule has 1 saturated heterocycles. The lowest BCUT2D eigenvalue weighted by molar-refractivity contribution is -0.122. The molecule has 1 fully saturated rings. The zero-order chi connectivity index (χ0) is 12.4. The van der Waals surface area contributed by atoms with Gasteiger partial charge < -0.3 is 10.6 Å². The Labute approximate surface area is 96.9 Å². The van der Waals surface area contributed by atoms with E-state index in [1.165, 1.54) is 13.8 Å². The Kier molecular flexibility index (Phi) is 3.96. The molecule has 5 nitrogen and oxygen atoms in total. The van der Waals surface area contributed by atoms with E-state index in [9.17, 15) is 13.2 Å². The van der Waals surface area contributed by atoms with E-state index >= 15 is 0 Å². The van der Waals surface area contributed by atoms with Gasteiger partial charge in [0, 0.05) is 18.8 Å². The number of sulfone groups is 1. The van der Waals surface area contributed by atoms with Gasteiger partial charge in [-0.25, -0.2) is 8.42 Å². The molecule has 94 valence electrons. The van der Waals surface area contributed by atoms with Gasteiger partial charge in [-0.1, -0.05) is 0 Å². The quantitative estimate of drug-likeness (QED) is 0.715. The highest BCUT2D eigenvalue weighted by Crippen LogP contribution is 2.15. The third kappa shape index (κ3) is 2.95. The average molecular weight is 248 g/mol. The summed E-state index contributed by atoms with van der Waals surface area (Å²) in [5.74, 6) is -0.427. The molecule has 0 radical (unpaired) electrons. The predicted octanol–water partition coefficient (Wildman–Crippen LogP) is -0.322. The zero-order valence-electron chi connectivity index (χ0n) is 10.0. The van der Waals surface area contributed by atoms with Crippen LogP contribution in [0.3, 0.4) is 0 Å². The smallest absolute Gasteiger partial charge is 0.240 e. The molecule has 0 saturated carbocycles. The lowest BCUT2D eigenvalue weighted by Crippen LogP contribution is -2.50. The number of carbonyl (C=O) groups is 1. The van der Waals surface area contributed by atoms with Crippen molar-refractivity contribution in [2.45, 2.75) is 37.5 Å². The van der Waals surface area contributed by atoms with Crippen molar-refractivity contribution in [3.05, 3.63) is 0 Å². The molecular weight excluding hydrogens is 228 g/mol. The summed E-state index contributed by atoms with van der Waals surface area (Å²) in [6.45, 7) is 4.33. The van der Waals surface area contributed by atoms with Crippen LogP contribution in [0.15, 0.2) is 0 Å². The minimum atomic E-state index is -3.38. The second-order valence-electron chi connectivity index (χ2n) is 4.79. The molecule has 1 heterocycles. The Morgan fingerprint density at radius 2 is 2.12 bits per heavy atom. The van der Waals surface area contributed by atoms with Gasteiger partial charge in [0.25, 0.3) is 0 Å². The van der Waals surface area contributed by atoms with Gasteiger partial charge in [0.15, 0.2) is 9.84 Å². The Balaban J connectivity index is 2.51. The fourth-order valence-corrected chi connectivity index (χ4v) is 1.94. The molecule has 0 aliphatic carbocycles. The van der Waals surface area contributed by atoms with Crippen molar-refractivity contribution in [2.24, 2.45) is 0 Å². The van der Waals surface area contributed by atoms with Gasteiger partial charge in [-0.05, 0) is 33.2 Å². The summed E-state index contributed by atoms with van der Waals surface area (Å²) in [5.41, 5.74) is 0. The second kappa shape index (κ2) is 4.71. The Bertz CT molecular complexity index is 356. The maximum absolute atomic E-state index is 11.8. The van der Waals surface area contributed by atoms with Crippen LogP contribution in [-0.2, 0) is 14.6 Å². The highest BCUT2D eigenvalue weighted by atomic mass is 32.2. The summed E-state index contributed by atoms with van der Waals surface area (Å²) in [6.07, 6.45) is 3.22. The van der Waals surface area contributed by atoms with Gasteiger partial charge >= 0.3 is 0 Å². The molecule has 1 unspecified atom stereocenters. The van der Waals surface area contributed by atoms with Crippen LogP contribution >= 0.6 is 0 Å². The third-order valence-corrected chi connectivity index (χ3v) is 5.18. The van der Waals surface area contributed by atoms with Crippen LogP contribution in [0.25, 0.3) is 0 Å². The zero-order valence-corrected chi connectivity index (χ0v) is 10.9. The molecule has 16 heavy (non-hydrogen) atoms. The van der Waals surface area contributed by atoms with Crippen molar-refractivity contribution in [3.8, 4) is 0 Å². The standard InChI is InChI=1S/C10H20N2O3S/c1-10(2,16(3,14)15)9(13)12-7-8-5-4-6-11-8/h8,11H,4-7H2,1-3H3,(H,12,13). The number of amides is 1. The van der Waals surface area contributed by atoms with Crippen molar-refractivity contribution >= 4 is 15.7 Å². The van der Waals surface area contributed by atoms with E-state index in [0.29, 0.717) is 6.54 Å². The fourth-order valence-electron chi connectivity index (χ4n) is 1.53. The van der Waals surface area contributed by atoms with Crippen LogP contribution < -0.4 is 10.6 Å². The van der Waals surface area contributed by atoms with Crippen LogP contribution in [0.4, 0.5) is 0 Å². The second-order valence-corrected chi connectivity index (χ2v) is 7.35. The van der Waals surface area contributed by atoms with E-state index in [2.05, 4.69) is 10.6 Å². The summed E-state index contributed by atoms with van der Waals surface area (Å²) in [4.78, 5) is 11.8. The number of hydrogen-bond donors (Lipinski definition) is 2. The third-order valence-electron chi connectivity index (χ3n) is 3.15. The predicted molar refractivity (Wildman–Crippen MR) is 63.0 cm³/mol. The largest absolute Gasteiger partial charge is 0.353 e. The van der Waals surface area contributed by atoms with E-state index in [-0.39, 0.29) is 6.04 Å². The van der Waals surface area contributed by atoms with E-state index in [1.807, 2.05) is 0 Å². The molecule has 0 bridgehead atoms. The maximum atomic E-state index is 11.8. The Hall–Kier alpha value is -0.620. The number of hydrogen-bond acceptors (Lipinski definition) is 4. The molecule has 0 aromatic carbocycles. The van der Waals surface area contributed by atoms with E-state index in [4.69, 9.17) is 0 Å². The van der Waals surface area contributed by atoms with Gasteiger partial charge in [-0.3, -0.25) is 4.79 Å². The topological polar surface area (TPSA) is 75.3 Å². The molecule has 1 amide bonds. The van der Waals surface area contributed by atoms with Crippen molar-refractivity contribution in [1.82, 2.24) is 10.6 Å². The SMILES string of the molecule is CC(C)(C(=O)NCC1CCCN1)S(C)(=O)=O. The summed E-state index contributed by atoms with van der Waals surface area (Å²) in [7, 11) is -3.38. The van der Waals surface area contributed by atoms with Crippen molar-refractivity contribution in [1.29, 1.82) is 0 Å². The molecule has 1 atom stereocenters. The molecular formula is C10H20N2O3S. The first kappa shape index (κ1) is 13.4. The fraction of sp³-hybridized carbons (Fsp3) is 0.900. The van der Waals surface area contributed by atoms with Gasteiger partial charge in [0.1, 0.15) is 4.75 Å². The number of nitrogens with one attached hydrogen (secondary N) is 2. The molecule has 1 aliphatic heterocycles. The van der Waals surface area contributed by atoms with Gasteiger partial charge in [-0.2, -0.15) is 0 Å². The first-order valence-electron chi connectivity index (χ1n) is 5.46. The maximum Gasteiger partial charge on any atom is 0.240 e. The van der Waals surface area contributed by atoms with E-state index < -0.39 is 20.5 Å². The molecule has 2 N–H and O–H groups in total. The number of carbonyl (C=O) groups excluding carboxylic acids is 1. The Morgan fingerprint density at radius 3 is 2.56 bits per heavy atom. The molecule has 1 aliphatic rings. The summed E-state index contributed by atoms with van der Waals surface area (Å²) >= 11 is 0. The minimum absolute atomic E-state index is 0.277. The normalized spacial score (nSPS) is 22.1. The summed E-state index contributed by atoms with van der Waals surface area (Å²) < 4.78 is 21.5. The van der Waals surface area contributed by atoms with E-state index in [0.717, 1.165) is 25.6 Å². The van der Waals surface area contributed by atoms with Gasteiger partial charge in [0.2, 0.25) is 5.91 Å². The van der Waals surface area contributed by atoms with Crippen LogP contribution in [0.5, 0.6) is 0 Å². The average Bonchev–Trinajstić information content (AvgIpc) is 2.64. The lowest BCUT2D eigenvalue weighted by Gasteiger charge is -2.22. The van der Waals surface area contributed by atoms with Crippen LogP contribution in [-0.4, -0.2) is 44.5 Å². The molecule has 0 spiro atoms. The van der Waals surface area contributed by atoms with Crippen molar-refractivity contribution in [2.75, 3.05) is 19.3 Å². The summed E-state index contributed by atoms with van der Waals surface area (Å²) in [5, 5.41) is 5.93. The first-order valence-corrected chi connectivity index (χ1v) is 7.35. The molecule has 0 aromatic heterocycles. The van der Waals surface area contributed by atoms with Crippen LogP contribution in [0, 0.1) is 0 Å². The highest BCUT2D eigenvalue weighted by Gasteiger charge is 2.38. The van der Waals surface area contributed by atoms with Gasteiger partial charge in [0.05, 0.1) is 0 Å². The first-order chi connectivity index (χ1) is 7.25. The number of rotatable bonds is 4. The Morgan fingerprint density at radius 1 is 1.50 bits per heavy atom. The molecule has 1 rings (SSSR count).